The molecule has 0 aromatic heterocycles. The second-order valence-electron chi connectivity index (χ2n) is 5.97. The largest absolute Gasteiger partial charge is 0.494 e. The van der Waals surface area contributed by atoms with Gasteiger partial charge in [-0.05, 0) is 50.1 Å². The molecule has 0 spiro atoms. The van der Waals surface area contributed by atoms with Crippen LogP contribution in [0.15, 0.2) is 53.4 Å². The monoisotopic (exact) mass is 377 g/mol. The Balaban J connectivity index is 2.25. The summed E-state index contributed by atoms with van der Waals surface area (Å²) in [6, 6.07) is 12.1. The summed E-state index contributed by atoms with van der Waals surface area (Å²) < 4.78 is 31.8. The maximum atomic E-state index is 12.8. The highest BCUT2D eigenvalue weighted by Gasteiger charge is 2.32. The first-order valence-electron chi connectivity index (χ1n) is 8.25. The summed E-state index contributed by atoms with van der Waals surface area (Å²) in [6.45, 7) is 4.26. The predicted molar refractivity (Wildman–Crippen MR) is 98.9 cm³/mol. The van der Waals surface area contributed by atoms with Crippen LogP contribution in [0.1, 0.15) is 18.1 Å². The summed E-state index contributed by atoms with van der Waals surface area (Å²) in [6.07, 6.45) is 0.0589. The third kappa shape index (κ3) is 4.62. The lowest BCUT2D eigenvalue weighted by atomic mass is 10.1. The van der Waals surface area contributed by atoms with Crippen molar-refractivity contribution in [3.63, 3.8) is 0 Å². The van der Waals surface area contributed by atoms with Crippen LogP contribution in [0.5, 0.6) is 5.75 Å². The third-order valence-corrected chi connectivity index (χ3v) is 5.97. The van der Waals surface area contributed by atoms with E-state index in [2.05, 4.69) is 0 Å². The summed E-state index contributed by atoms with van der Waals surface area (Å²) in [5.41, 5.74) is 1.64. The summed E-state index contributed by atoms with van der Waals surface area (Å²) in [5.74, 6) is -0.513. The molecule has 26 heavy (non-hydrogen) atoms. The number of hydrogen-bond acceptors (Lipinski definition) is 4. The van der Waals surface area contributed by atoms with Gasteiger partial charge in [0.25, 0.3) is 0 Å². The molecule has 2 aromatic rings. The predicted octanol–water partition coefficient (Wildman–Crippen LogP) is 2.71. The van der Waals surface area contributed by atoms with E-state index in [1.54, 1.807) is 36.4 Å². The number of hydrogen-bond donors (Lipinski definition) is 1. The van der Waals surface area contributed by atoms with Gasteiger partial charge in [0.1, 0.15) is 11.8 Å². The van der Waals surface area contributed by atoms with Gasteiger partial charge in [-0.2, -0.15) is 4.31 Å². The van der Waals surface area contributed by atoms with Crippen molar-refractivity contribution in [2.24, 2.45) is 0 Å². The zero-order chi connectivity index (χ0) is 19.3. The van der Waals surface area contributed by atoms with Gasteiger partial charge in [-0.25, -0.2) is 8.42 Å². The van der Waals surface area contributed by atoms with Gasteiger partial charge < -0.3 is 9.84 Å². The van der Waals surface area contributed by atoms with Crippen LogP contribution < -0.4 is 4.74 Å². The van der Waals surface area contributed by atoms with Crippen molar-refractivity contribution in [3.05, 3.63) is 59.7 Å². The van der Waals surface area contributed by atoms with Gasteiger partial charge >= 0.3 is 5.97 Å². The summed E-state index contributed by atoms with van der Waals surface area (Å²) >= 11 is 0. The number of rotatable bonds is 8. The number of aryl methyl sites for hydroxylation is 1. The van der Waals surface area contributed by atoms with Crippen LogP contribution in [0, 0.1) is 6.92 Å². The van der Waals surface area contributed by atoms with E-state index in [1.165, 1.54) is 19.2 Å². The normalized spacial score (nSPS) is 12.8. The van der Waals surface area contributed by atoms with Crippen LogP contribution in [-0.4, -0.2) is 43.5 Å². The maximum absolute atomic E-state index is 12.8. The van der Waals surface area contributed by atoms with Gasteiger partial charge in [-0.1, -0.05) is 29.8 Å². The molecular weight excluding hydrogens is 354 g/mol. The molecule has 1 atom stereocenters. The highest BCUT2D eigenvalue weighted by atomic mass is 32.2. The Hall–Kier alpha value is -2.38. The molecule has 0 saturated carbocycles. The Kier molecular flexibility index (Phi) is 6.39. The minimum absolute atomic E-state index is 0.0589. The first-order chi connectivity index (χ1) is 12.3. The molecule has 1 N–H and O–H groups in total. The molecule has 0 amide bonds. The van der Waals surface area contributed by atoms with Gasteiger partial charge in [0.15, 0.2) is 0 Å². The Bertz CT molecular complexity index is 845. The molecule has 2 aromatic carbocycles. The number of sulfonamides is 1. The van der Waals surface area contributed by atoms with Crippen molar-refractivity contribution in [3.8, 4) is 5.75 Å². The highest BCUT2D eigenvalue weighted by molar-refractivity contribution is 7.89. The van der Waals surface area contributed by atoms with Gasteiger partial charge in [0, 0.05) is 7.05 Å². The lowest BCUT2D eigenvalue weighted by molar-refractivity contribution is -0.141. The topological polar surface area (TPSA) is 83.9 Å². The van der Waals surface area contributed by atoms with Crippen molar-refractivity contribution < 1.29 is 23.1 Å². The molecule has 0 aliphatic heterocycles. The average Bonchev–Trinajstić information content (AvgIpc) is 2.61. The van der Waals surface area contributed by atoms with Crippen LogP contribution in [-0.2, 0) is 21.2 Å². The van der Waals surface area contributed by atoms with Crippen LogP contribution >= 0.6 is 0 Å². The number of carboxylic acid groups (broad SMARTS) is 1. The van der Waals surface area contributed by atoms with Crippen molar-refractivity contribution in [1.82, 2.24) is 4.31 Å². The summed E-state index contributed by atoms with van der Waals surface area (Å²) in [4.78, 5) is 11.8. The van der Waals surface area contributed by atoms with E-state index < -0.39 is 22.0 Å². The van der Waals surface area contributed by atoms with Crippen LogP contribution in [0.2, 0.25) is 0 Å². The molecule has 0 fully saturated rings. The molecule has 0 aliphatic carbocycles. The molecule has 0 heterocycles. The number of likely N-dealkylation sites (N-methyl/N-ethyl adjacent to an activating group) is 1. The number of benzene rings is 2. The average molecular weight is 377 g/mol. The Morgan fingerprint density at radius 3 is 2.19 bits per heavy atom. The molecule has 2 rings (SSSR count). The Morgan fingerprint density at radius 2 is 1.69 bits per heavy atom. The molecule has 0 radical (unpaired) electrons. The molecule has 0 aliphatic rings. The molecule has 0 unspecified atom stereocenters. The quantitative estimate of drug-likeness (QED) is 0.765. The minimum Gasteiger partial charge on any atom is -0.494 e. The molecule has 7 heteroatoms. The molecular formula is C19H23NO5S. The van der Waals surface area contributed by atoms with Gasteiger partial charge in [0.05, 0.1) is 11.5 Å². The fourth-order valence-electron chi connectivity index (χ4n) is 2.53. The number of carbonyl (C=O) groups is 1. The van der Waals surface area contributed by atoms with Crippen molar-refractivity contribution in [2.75, 3.05) is 13.7 Å². The van der Waals surface area contributed by atoms with E-state index in [4.69, 9.17) is 4.74 Å². The third-order valence-electron chi connectivity index (χ3n) is 4.09. The summed E-state index contributed by atoms with van der Waals surface area (Å²) in [5, 5.41) is 9.57. The SMILES string of the molecule is CCOc1ccc(C[C@@H](C(=O)O)N(C)S(=O)(=O)c2ccc(C)cc2)cc1. The smallest absolute Gasteiger partial charge is 0.322 e. The van der Waals surface area contributed by atoms with E-state index in [-0.39, 0.29) is 11.3 Å². The standard InChI is InChI=1S/C19H23NO5S/c1-4-25-16-9-7-15(8-10-16)13-18(19(21)22)20(3)26(23,24)17-11-5-14(2)6-12-17/h5-12,18H,4,13H2,1-3H3,(H,21,22)/t18-/m0/s1. The molecule has 0 bridgehead atoms. The van der Waals surface area contributed by atoms with E-state index in [0.29, 0.717) is 17.9 Å². The van der Waals surface area contributed by atoms with Gasteiger partial charge in [-0.3, -0.25) is 4.79 Å². The molecule has 140 valence electrons. The lowest BCUT2D eigenvalue weighted by Crippen LogP contribution is -2.43. The van der Waals surface area contributed by atoms with Crippen molar-refractivity contribution in [1.29, 1.82) is 0 Å². The second kappa shape index (κ2) is 8.33. The fraction of sp³-hybridized carbons (Fsp3) is 0.316. The number of carboxylic acids is 1. The highest BCUT2D eigenvalue weighted by Crippen LogP contribution is 2.21. The molecule has 6 nitrogen and oxygen atoms in total. The summed E-state index contributed by atoms with van der Waals surface area (Å²) in [7, 11) is -2.61. The Labute approximate surface area is 154 Å². The number of nitrogens with zero attached hydrogens (tertiary/aromatic N) is 1. The van der Waals surface area contributed by atoms with E-state index in [9.17, 15) is 18.3 Å². The fourth-order valence-corrected chi connectivity index (χ4v) is 3.84. The van der Waals surface area contributed by atoms with E-state index >= 15 is 0 Å². The van der Waals surface area contributed by atoms with Crippen LogP contribution in [0.25, 0.3) is 0 Å². The second-order valence-corrected chi connectivity index (χ2v) is 7.97. The van der Waals surface area contributed by atoms with Gasteiger partial charge in [0.2, 0.25) is 10.0 Å². The lowest BCUT2D eigenvalue weighted by Gasteiger charge is -2.24. The van der Waals surface area contributed by atoms with Crippen LogP contribution in [0.4, 0.5) is 0 Å². The Morgan fingerprint density at radius 1 is 1.12 bits per heavy atom. The van der Waals surface area contributed by atoms with Crippen LogP contribution in [0.3, 0.4) is 0 Å². The number of ether oxygens (including phenoxy) is 1. The van der Waals surface area contributed by atoms with E-state index in [1.807, 2.05) is 13.8 Å². The van der Waals surface area contributed by atoms with E-state index in [0.717, 1.165) is 9.87 Å². The number of aliphatic carboxylic acids is 1. The van der Waals surface area contributed by atoms with Crippen molar-refractivity contribution >= 4 is 16.0 Å². The minimum atomic E-state index is -3.91. The van der Waals surface area contributed by atoms with Gasteiger partial charge in [-0.15, -0.1) is 0 Å². The molecule has 0 saturated heterocycles. The maximum Gasteiger partial charge on any atom is 0.322 e. The zero-order valence-corrected chi connectivity index (χ0v) is 15.9. The van der Waals surface area contributed by atoms with Crippen molar-refractivity contribution in [2.45, 2.75) is 31.2 Å². The first-order valence-corrected chi connectivity index (χ1v) is 9.69. The first kappa shape index (κ1) is 19.9. The zero-order valence-electron chi connectivity index (χ0n) is 15.0.